The van der Waals surface area contributed by atoms with Crippen LogP contribution in [0.5, 0.6) is 0 Å². The van der Waals surface area contributed by atoms with Crippen molar-refractivity contribution >= 4 is 11.7 Å². The molecule has 2 rings (SSSR count). The molecule has 2 N–H and O–H groups in total. The highest BCUT2D eigenvalue weighted by Crippen LogP contribution is 2.20. The number of anilines is 1. The first-order valence-electron chi connectivity index (χ1n) is 7.71. The zero-order valence-corrected chi connectivity index (χ0v) is 13.1. The van der Waals surface area contributed by atoms with Gasteiger partial charge in [0.05, 0.1) is 6.10 Å². The fourth-order valence-electron chi connectivity index (χ4n) is 2.64. The van der Waals surface area contributed by atoms with Gasteiger partial charge in [-0.15, -0.1) is 0 Å². The molecule has 1 amide bonds. The van der Waals surface area contributed by atoms with Crippen LogP contribution in [0, 0.1) is 5.92 Å². The number of aromatic nitrogens is 1. The summed E-state index contributed by atoms with van der Waals surface area (Å²) in [6, 6.07) is 3.66. The van der Waals surface area contributed by atoms with E-state index in [0.29, 0.717) is 18.7 Å². The number of nitrogens with zero attached hydrogens (tertiary/aromatic N) is 2. The van der Waals surface area contributed by atoms with Gasteiger partial charge in [0.2, 0.25) is 0 Å². The molecule has 0 spiro atoms. The minimum atomic E-state index is -0.427. The van der Waals surface area contributed by atoms with Gasteiger partial charge in [-0.3, -0.25) is 4.79 Å². The summed E-state index contributed by atoms with van der Waals surface area (Å²) >= 11 is 0. The maximum absolute atomic E-state index is 12.6. The molecule has 21 heavy (non-hydrogen) atoms. The molecule has 1 saturated heterocycles. The Labute approximate surface area is 126 Å². The van der Waals surface area contributed by atoms with Crippen LogP contribution in [0.4, 0.5) is 5.82 Å². The first kappa shape index (κ1) is 15.8. The van der Waals surface area contributed by atoms with E-state index >= 15 is 0 Å². The molecule has 0 aliphatic carbocycles. The number of carbonyl (C=O) groups excluding carboxylic acids is 1. The van der Waals surface area contributed by atoms with Gasteiger partial charge in [0, 0.05) is 31.4 Å². The SMILES string of the molecule is CCCc1cc(C(=O)N2CCC(C)C(O)C2)cc(NC)n1. The average Bonchev–Trinajstić information content (AvgIpc) is 2.49. The van der Waals surface area contributed by atoms with Gasteiger partial charge in [-0.2, -0.15) is 0 Å². The van der Waals surface area contributed by atoms with Gasteiger partial charge >= 0.3 is 0 Å². The Hall–Kier alpha value is -1.62. The van der Waals surface area contributed by atoms with Crippen LogP contribution < -0.4 is 5.32 Å². The van der Waals surface area contributed by atoms with Gasteiger partial charge in [-0.05, 0) is 30.9 Å². The third kappa shape index (κ3) is 3.73. The Kier molecular flexibility index (Phi) is 5.17. The summed E-state index contributed by atoms with van der Waals surface area (Å²) in [6.45, 7) is 5.24. The van der Waals surface area contributed by atoms with Crippen molar-refractivity contribution in [2.24, 2.45) is 5.92 Å². The van der Waals surface area contributed by atoms with Crippen LogP contribution in [0.1, 0.15) is 42.7 Å². The summed E-state index contributed by atoms with van der Waals surface area (Å²) in [7, 11) is 1.80. The standard InChI is InChI=1S/C16H25N3O2/c1-4-5-13-8-12(9-15(17-3)18-13)16(21)19-7-6-11(2)14(20)10-19/h8-9,11,14,20H,4-7,10H2,1-3H3,(H,17,18). The van der Waals surface area contributed by atoms with Crippen molar-refractivity contribution in [2.45, 2.75) is 39.2 Å². The molecule has 1 aliphatic heterocycles. The number of aliphatic hydroxyl groups is 1. The molecule has 0 aromatic carbocycles. The molecule has 1 aromatic heterocycles. The van der Waals surface area contributed by atoms with E-state index in [4.69, 9.17) is 0 Å². The number of hydrogen-bond acceptors (Lipinski definition) is 4. The maximum Gasteiger partial charge on any atom is 0.254 e. The van der Waals surface area contributed by atoms with E-state index < -0.39 is 6.10 Å². The number of hydrogen-bond donors (Lipinski definition) is 2. The second-order valence-corrected chi connectivity index (χ2v) is 5.82. The van der Waals surface area contributed by atoms with Crippen molar-refractivity contribution in [1.29, 1.82) is 0 Å². The second-order valence-electron chi connectivity index (χ2n) is 5.82. The van der Waals surface area contributed by atoms with Gasteiger partial charge < -0.3 is 15.3 Å². The predicted octanol–water partition coefficient (Wildman–Crippen LogP) is 1.92. The minimum Gasteiger partial charge on any atom is -0.391 e. The number of pyridine rings is 1. The summed E-state index contributed by atoms with van der Waals surface area (Å²) in [5.41, 5.74) is 1.58. The monoisotopic (exact) mass is 291 g/mol. The van der Waals surface area contributed by atoms with Crippen LogP contribution in [0.15, 0.2) is 12.1 Å². The highest BCUT2D eigenvalue weighted by Gasteiger charge is 2.28. The summed E-state index contributed by atoms with van der Waals surface area (Å²) in [5.74, 6) is 0.961. The maximum atomic E-state index is 12.6. The van der Waals surface area contributed by atoms with Crippen LogP contribution in [-0.2, 0) is 6.42 Å². The van der Waals surface area contributed by atoms with E-state index in [1.54, 1.807) is 18.0 Å². The van der Waals surface area contributed by atoms with E-state index in [-0.39, 0.29) is 11.8 Å². The fourth-order valence-corrected chi connectivity index (χ4v) is 2.64. The van der Waals surface area contributed by atoms with E-state index in [0.717, 1.165) is 30.8 Å². The number of carbonyl (C=O) groups is 1. The quantitative estimate of drug-likeness (QED) is 0.889. The molecule has 0 saturated carbocycles. The van der Waals surface area contributed by atoms with Crippen LogP contribution in [0.3, 0.4) is 0 Å². The van der Waals surface area contributed by atoms with Crippen molar-refractivity contribution in [2.75, 3.05) is 25.5 Å². The number of piperidine rings is 1. The molecule has 5 nitrogen and oxygen atoms in total. The van der Waals surface area contributed by atoms with Crippen LogP contribution >= 0.6 is 0 Å². The molecule has 2 atom stereocenters. The Balaban J connectivity index is 2.20. The van der Waals surface area contributed by atoms with E-state index in [1.165, 1.54) is 0 Å². The summed E-state index contributed by atoms with van der Waals surface area (Å²) < 4.78 is 0. The molecular formula is C16H25N3O2. The molecule has 116 valence electrons. The molecule has 5 heteroatoms. The van der Waals surface area contributed by atoms with E-state index in [9.17, 15) is 9.90 Å². The number of nitrogens with one attached hydrogen (secondary N) is 1. The first-order chi connectivity index (χ1) is 10.0. The van der Waals surface area contributed by atoms with Gasteiger partial charge in [0.25, 0.3) is 5.91 Å². The Morgan fingerprint density at radius 2 is 2.29 bits per heavy atom. The van der Waals surface area contributed by atoms with Gasteiger partial charge in [0.15, 0.2) is 0 Å². The third-order valence-electron chi connectivity index (χ3n) is 4.09. The zero-order chi connectivity index (χ0) is 15.4. The van der Waals surface area contributed by atoms with Crippen molar-refractivity contribution in [3.05, 3.63) is 23.4 Å². The Morgan fingerprint density at radius 1 is 1.52 bits per heavy atom. The Morgan fingerprint density at radius 3 is 2.90 bits per heavy atom. The highest BCUT2D eigenvalue weighted by atomic mass is 16.3. The smallest absolute Gasteiger partial charge is 0.254 e. The lowest BCUT2D eigenvalue weighted by molar-refractivity contribution is 0.0248. The third-order valence-corrected chi connectivity index (χ3v) is 4.09. The van der Waals surface area contributed by atoms with Crippen LogP contribution in [0.25, 0.3) is 0 Å². The van der Waals surface area contributed by atoms with E-state index in [2.05, 4.69) is 17.2 Å². The van der Waals surface area contributed by atoms with Crippen molar-refractivity contribution in [1.82, 2.24) is 9.88 Å². The number of rotatable bonds is 4. The fraction of sp³-hybridized carbons (Fsp3) is 0.625. The number of aliphatic hydroxyl groups excluding tert-OH is 1. The first-order valence-corrected chi connectivity index (χ1v) is 7.71. The lowest BCUT2D eigenvalue weighted by Crippen LogP contribution is -2.45. The highest BCUT2D eigenvalue weighted by molar-refractivity contribution is 5.95. The number of likely N-dealkylation sites (tertiary alicyclic amines) is 1. The lowest BCUT2D eigenvalue weighted by Gasteiger charge is -2.34. The molecule has 1 aliphatic rings. The van der Waals surface area contributed by atoms with Gasteiger partial charge in [-0.25, -0.2) is 4.98 Å². The molecule has 1 fully saturated rings. The Bertz CT molecular complexity index is 504. The van der Waals surface area contributed by atoms with Gasteiger partial charge in [0.1, 0.15) is 5.82 Å². The molecule has 0 radical (unpaired) electrons. The van der Waals surface area contributed by atoms with Crippen molar-refractivity contribution in [3.63, 3.8) is 0 Å². The summed E-state index contributed by atoms with van der Waals surface area (Å²) in [4.78, 5) is 18.8. The topological polar surface area (TPSA) is 65.5 Å². The molecular weight excluding hydrogens is 266 g/mol. The van der Waals surface area contributed by atoms with Crippen LogP contribution in [-0.4, -0.2) is 47.1 Å². The molecule has 1 aromatic rings. The molecule has 2 heterocycles. The van der Waals surface area contributed by atoms with Gasteiger partial charge in [-0.1, -0.05) is 20.3 Å². The second kappa shape index (κ2) is 6.89. The molecule has 0 bridgehead atoms. The zero-order valence-electron chi connectivity index (χ0n) is 13.1. The summed E-state index contributed by atoms with van der Waals surface area (Å²) in [6.07, 6.45) is 2.27. The van der Waals surface area contributed by atoms with E-state index in [1.807, 2.05) is 13.0 Å². The lowest BCUT2D eigenvalue weighted by atomic mass is 9.95. The number of aryl methyl sites for hydroxylation is 1. The normalized spacial score (nSPS) is 22.2. The summed E-state index contributed by atoms with van der Waals surface area (Å²) in [5, 5.41) is 13.0. The molecule has 2 unspecified atom stereocenters. The van der Waals surface area contributed by atoms with Crippen LogP contribution in [0.2, 0.25) is 0 Å². The predicted molar refractivity (Wildman–Crippen MR) is 83.5 cm³/mol. The van der Waals surface area contributed by atoms with Crippen molar-refractivity contribution < 1.29 is 9.90 Å². The largest absolute Gasteiger partial charge is 0.391 e. The number of amides is 1. The average molecular weight is 291 g/mol. The number of β-amino-alcohol motifs (C(OH)–C–C–N with tert-alkyl or cyclic N) is 1. The minimum absolute atomic E-state index is 0.0165. The van der Waals surface area contributed by atoms with Crippen molar-refractivity contribution in [3.8, 4) is 0 Å².